The first-order valence-corrected chi connectivity index (χ1v) is 8.16. The summed E-state index contributed by atoms with van der Waals surface area (Å²) in [4.78, 5) is 12.1. The van der Waals surface area contributed by atoms with Crippen LogP contribution in [0, 0.1) is 6.92 Å². The van der Waals surface area contributed by atoms with Crippen LogP contribution in [0.4, 0.5) is 5.13 Å². The van der Waals surface area contributed by atoms with Gasteiger partial charge in [0, 0.05) is 5.92 Å². The molecule has 0 radical (unpaired) electrons. The van der Waals surface area contributed by atoms with E-state index in [0.717, 1.165) is 17.8 Å². The number of nitrogens with zero attached hydrogens (tertiary/aromatic N) is 2. The van der Waals surface area contributed by atoms with E-state index in [2.05, 4.69) is 29.4 Å². The smallest absolute Gasteiger partial charge is 0.261 e. The monoisotopic (exact) mass is 307 g/mol. The zero-order valence-electron chi connectivity index (χ0n) is 12.7. The van der Waals surface area contributed by atoms with Crippen LogP contribution in [0.15, 0.2) is 16.7 Å². The van der Waals surface area contributed by atoms with Crippen LogP contribution >= 0.6 is 11.3 Å². The highest BCUT2D eigenvalue weighted by molar-refractivity contribution is 7.15. The Morgan fingerprint density at radius 2 is 2.24 bits per heavy atom. The van der Waals surface area contributed by atoms with E-state index in [1.807, 2.05) is 0 Å². The Morgan fingerprint density at radius 3 is 2.86 bits per heavy atom. The average Bonchev–Trinajstić information content (AvgIpc) is 3.09. The Bertz CT molecular complexity index is 591. The Hall–Kier alpha value is -1.69. The SMILES string of the molecule is CCCCC(CC)c1nnc(NC(=O)c2ccoc2C)s1. The van der Waals surface area contributed by atoms with Crippen LogP contribution in [0.1, 0.15) is 66.6 Å². The summed E-state index contributed by atoms with van der Waals surface area (Å²) in [5, 5.41) is 12.6. The van der Waals surface area contributed by atoms with Crippen molar-refractivity contribution in [1.29, 1.82) is 0 Å². The maximum absolute atomic E-state index is 12.1. The molecule has 21 heavy (non-hydrogen) atoms. The number of aromatic nitrogens is 2. The van der Waals surface area contributed by atoms with Gasteiger partial charge in [0.25, 0.3) is 5.91 Å². The Kier molecular flexibility index (Phi) is 5.50. The fourth-order valence-corrected chi connectivity index (χ4v) is 3.14. The van der Waals surface area contributed by atoms with Gasteiger partial charge in [0.05, 0.1) is 11.8 Å². The van der Waals surface area contributed by atoms with Crippen LogP contribution in [-0.4, -0.2) is 16.1 Å². The predicted octanol–water partition coefficient (Wildman–Crippen LogP) is 4.38. The Labute approximate surface area is 128 Å². The van der Waals surface area contributed by atoms with Crippen LogP contribution < -0.4 is 5.32 Å². The molecule has 2 heterocycles. The number of rotatable bonds is 7. The zero-order chi connectivity index (χ0) is 15.2. The summed E-state index contributed by atoms with van der Waals surface area (Å²) in [7, 11) is 0. The fourth-order valence-electron chi connectivity index (χ4n) is 2.19. The van der Waals surface area contributed by atoms with E-state index in [1.54, 1.807) is 13.0 Å². The topological polar surface area (TPSA) is 68.0 Å². The van der Waals surface area contributed by atoms with E-state index in [4.69, 9.17) is 4.42 Å². The van der Waals surface area contributed by atoms with Crippen LogP contribution in [-0.2, 0) is 0 Å². The van der Waals surface area contributed by atoms with E-state index in [1.165, 1.54) is 30.4 Å². The van der Waals surface area contributed by atoms with Crippen LogP contribution in [0.2, 0.25) is 0 Å². The number of hydrogen-bond donors (Lipinski definition) is 1. The third-order valence-corrected chi connectivity index (χ3v) is 4.51. The van der Waals surface area contributed by atoms with Crippen molar-refractivity contribution in [3.05, 3.63) is 28.7 Å². The van der Waals surface area contributed by atoms with Gasteiger partial charge in [-0.3, -0.25) is 10.1 Å². The van der Waals surface area contributed by atoms with Gasteiger partial charge in [-0.15, -0.1) is 10.2 Å². The summed E-state index contributed by atoms with van der Waals surface area (Å²) in [6, 6.07) is 1.66. The summed E-state index contributed by atoms with van der Waals surface area (Å²) in [6.07, 6.45) is 6.04. The molecule has 6 heteroatoms. The number of carbonyl (C=O) groups is 1. The van der Waals surface area contributed by atoms with Crippen molar-refractivity contribution >= 4 is 22.4 Å². The van der Waals surface area contributed by atoms with Crippen molar-refractivity contribution in [3.8, 4) is 0 Å². The molecule has 0 saturated heterocycles. The number of hydrogen-bond acceptors (Lipinski definition) is 5. The van der Waals surface area contributed by atoms with E-state index in [9.17, 15) is 4.79 Å². The lowest BCUT2D eigenvalue weighted by Crippen LogP contribution is -2.11. The summed E-state index contributed by atoms with van der Waals surface area (Å²) < 4.78 is 5.13. The fraction of sp³-hybridized carbons (Fsp3) is 0.533. The molecule has 2 aromatic heterocycles. The molecule has 0 aliphatic carbocycles. The van der Waals surface area contributed by atoms with Crippen LogP contribution in [0.3, 0.4) is 0 Å². The lowest BCUT2D eigenvalue weighted by atomic mass is 10.0. The van der Waals surface area contributed by atoms with Crippen LogP contribution in [0.5, 0.6) is 0 Å². The Morgan fingerprint density at radius 1 is 1.43 bits per heavy atom. The number of amides is 1. The number of aryl methyl sites for hydroxylation is 1. The van der Waals surface area contributed by atoms with E-state index in [0.29, 0.717) is 22.4 Å². The maximum atomic E-state index is 12.1. The van der Waals surface area contributed by atoms with Gasteiger partial charge in [0.15, 0.2) is 0 Å². The van der Waals surface area contributed by atoms with Crippen molar-refractivity contribution in [2.45, 2.75) is 52.4 Å². The quantitative estimate of drug-likeness (QED) is 0.824. The van der Waals surface area contributed by atoms with Crippen molar-refractivity contribution < 1.29 is 9.21 Å². The number of nitrogens with one attached hydrogen (secondary N) is 1. The van der Waals surface area contributed by atoms with E-state index in [-0.39, 0.29) is 5.91 Å². The van der Waals surface area contributed by atoms with Gasteiger partial charge in [-0.2, -0.15) is 0 Å². The molecule has 2 aromatic rings. The minimum absolute atomic E-state index is 0.203. The summed E-state index contributed by atoms with van der Waals surface area (Å²) >= 11 is 1.46. The molecule has 114 valence electrons. The molecule has 5 nitrogen and oxygen atoms in total. The molecule has 0 aliphatic heterocycles. The number of furan rings is 1. The standard InChI is InChI=1S/C15H21N3O2S/c1-4-6-7-11(5-2)14-17-18-15(21-14)16-13(19)12-8-9-20-10(12)3/h8-9,11H,4-7H2,1-3H3,(H,16,18,19). The first-order valence-electron chi connectivity index (χ1n) is 7.34. The first-order chi connectivity index (χ1) is 10.2. The second-order valence-corrected chi connectivity index (χ2v) is 6.05. The molecular weight excluding hydrogens is 286 g/mol. The lowest BCUT2D eigenvalue weighted by Gasteiger charge is -2.09. The minimum atomic E-state index is -0.203. The highest BCUT2D eigenvalue weighted by Crippen LogP contribution is 2.30. The van der Waals surface area contributed by atoms with Gasteiger partial charge in [-0.25, -0.2) is 0 Å². The molecule has 1 amide bonds. The molecule has 0 saturated carbocycles. The highest BCUT2D eigenvalue weighted by atomic mass is 32.1. The molecule has 0 fully saturated rings. The summed E-state index contributed by atoms with van der Waals surface area (Å²) in [6.45, 7) is 6.11. The minimum Gasteiger partial charge on any atom is -0.469 e. The molecular formula is C15H21N3O2S. The molecule has 2 rings (SSSR count). The van der Waals surface area contributed by atoms with Gasteiger partial charge in [0.1, 0.15) is 10.8 Å². The molecule has 1 atom stereocenters. The lowest BCUT2D eigenvalue weighted by molar-refractivity contribution is 0.102. The van der Waals surface area contributed by atoms with Crippen molar-refractivity contribution in [1.82, 2.24) is 10.2 Å². The van der Waals surface area contributed by atoms with E-state index < -0.39 is 0 Å². The first kappa shape index (κ1) is 15.7. The van der Waals surface area contributed by atoms with Gasteiger partial charge in [-0.1, -0.05) is 38.0 Å². The number of carbonyl (C=O) groups excluding carboxylic acids is 1. The van der Waals surface area contributed by atoms with Gasteiger partial charge >= 0.3 is 0 Å². The average molecular weight is 307 g/mol. The number of anilines is 1. The normalized spacial score (nSPS) is 12.3. The van der Waals surface area contributed by atoms with E-state index >= 15 is 0 Å². The molecule has 0 spiro atoms. The van der Waals surface area contributed by atoms with Gasteiger partial charge in [-0.05, 0) is 25.8 Å². The summed E-state index contributed by atoms with van der Waals surface area (Å²) in [5.41, 5.74) is 0.532. The Balaban J connectivity index is 2.02. The third kappa shape index (κ3) is 3.91. The maximum Gasteiger partial charge on any atom is 0.261 e. The number of unbranched alkanes of at least 4 members (excludes halogenated alkanes) is 1. The van der Waals surface area contributed by atoms with Crippen molar-refractivity contribution in [3.63, 3.8) is 0 Å². The van der Waals surface area contributed by atoms with Crippen LogP contribution in [0.25, 0.3) is 0 Å². The molecule has 0 aromatic carbocycles. The zero-order valence-corrected chi connectivity index (χ0v) is 13.5. The van der Waals surface area contributed by atoms with Crippen molar-refractivity contribution in [2.75, 3.05) is 5.32 Å². The second kappa shape index (κ2) is 7.36. The molecule has 0 aliphatic rings. The second-order valence-electron chi connectivity index (χ2n) is 5.04. The third-order valence-electron chi connectivity index (χ3n) is 3.51. The molecule has 1 N–H and O–H groups in total. The van der Waals surface area contributed by atoms with Gasteiger partial charge in [0.2, 0.25) is 5.13 Å². The largest absolute Gasteiger partial charge is 0.469 e. The summed E-state index contributed by atoms with van der Waals surface area (Å²) in [5.74, 6) is 0.834. The molecule has 1 unspecified atom stereocenters. The van der Waals surface area contributed by atoms with Gasteiger partial charge < -0.3 is 4.42 Å². The van der Waals surface area contributed by atoms with Crippen molar-refractivity contribution in [2.24, 2.45) is 0 Å². The predicted molar refractivity (Wildman–Crippen MR) is 83.9 cm³/mol. The molecule has 0 bridgehead atoms. The highest BCUT2D eigenvalue weighted by Gasteiger charge is 2.17.